The van der Waals surface area contributed by atoms with E-state index in [0.717, 1.165) is 33.5 Å². The second kappa shape index (κ2) is 8.12. The maximum Gasteiger partial charge on any atom is 0.173 e. The Morgan fingerprint density at radius 2 is 2.04 bits per heavy atom. The predicted octanol–water partition coefficient (Wildman–Crippen LogP) is 4.85. The van der Waals surface area contributed by atoms with Gasteiger partial charge in [-0.2, -0.15) is 0 Å². The number of hydrogen-bond acceptors (Lipinski definition) is 4. The van der Waals surface area contributed by atoms with Crippen LogP contribution in [0.25, 0.3) is 33.4 Å². The van der Waals surface area contributed by atoms with Gasteiger partial charge in [-0.25, -0.2) is 19.3 Å². The van der Waals surface area contributed by atoms with E-state index in [2.05, 4.69) is 24.9 Å². The van der Waals surface area contributed by atoms with Crippen molar-refractivity contribution in [3.8, 4) is 11.1 Å². The second-order valence-corrected chi connectivity index (χ2v) is 5.95. The highest BCUT2D eigenvalue weighted by molar-refractivity contribution is 6.15. The van der Waals surface area contributed by atoms with Crippen LogP contribution in [0.1, 0.15) is 32.2 Å². The summed E-state index contributed by atoms with van der Waals surface area (Å²) in [5.74, 6) is -0.371. The molecule has 0 bridgehead atoms. The summed E-state index contributed by atoms with van der Waals surface area (Å²) in [7, 11) is 1.71. The summed E-state index contributed by atoms with van der Waals surface area (Å²) in [6.45, 7) is 7.82. The van der Waals surface area contributed by atoms with E-state index in [9.17, 15) is 4.39 Å². The van der Waals surface area contributed by atoms with Gasteiger partial charge >= 0.3 is 0 Å². The molecule has 0 fully saturated rings. The van der Waals surface area contributed by atoms with Gasteiger partial charge in [0.1, 0.15) is 12.0 Å². The predicted molar refractivity (Wildman–Crippen MR) is 112 cm³/mol. The van der Waals surface area contributed by atoms with E-state index < -0.39 is 0 Å². The number of aromatic amines is 1. The first-order chi connectivity index (χ1) is 13.6. The van der Waals surface area contributed by atoms with Crippen molar-refractivity contribution in [2.75, 3.05) is 7.05 Å². The molecule has 0 saturated heterocycles. The molecule has 4 rings (SSSR count). The molecule has 1 N–H and O–H groups in total. The molecule has 4 aromatic rings. The van der Waals surface area contributed by atoms with E-state index in [0.29, 0.717) is 11.3 Å². The van der Waals surface area contributed by atoms with E-state index in [1.807, 2.05) is 46.2 Å². The second-order valence-electron chi connectivity index (χ2n) is 5.95. The van der Waals surface area contributed by atoms with Crippen molar-refractivity contribution in [2.45, 2.75) is 27.7 Å². The third-order valence-corrected chi connectivity index (χ3v) is 4.38. The number of fused-ring (bicyclic) bond motifs is 2. The zero-order chi connectivity index (χ0) is 20.3. The van der Waals surface area contributed by atoms with Gasteiger partial charge in [0.05, 0.1) is 11.1 Å². The van der Waals surface area contributed by atoms with Crippen molar-refractivity contribution in [3.05, 3.63) is 54.3 Å². The molecule has 0 aliphatic heterocycles. The molecule has 144 valence electrons. The molecule has 28 heavy (non-hydrogen) atoms. The standard InChI is InChI=1S/C19H17FN6.C2H6/c1-4-12(7-21-3)17-16-14(8-22-18(16)25-10-24-17)13-5-15(20)19-23-6-11(2)26(19)9-13;1-2/h4-10H,1-3H3,(H,22,24,25);1-2H3/b12-4+,21-7?;. The molecule has 0 saturated carbocycles. The van der Waals surface area contributed by atoms with Crippen molar-refractivity contribution >= 4 is 28.5 Å². The summed E-state index contributed by atoms with van der Waals surface area (Å²) in [4.78, 5) is 20.1. The summed E-state index contributed by atoms with van der Waals surface area (Å²) in [5, 5.41) is 0.831. The summed E-state index contributed by atoms with van der Waals surface area (Å²) < 4.78 is 16.3. The number of halogens is 1. The Balaban J connectivity index is 0.00000109. The Morgan fingerprint density at radius 3 is 2.75 bits per heavy atom. The van der Waals surface area contributed by atoms with Crippen molar-refractivity contribution in [2.24, 2.45) is 4.99 Å². The van der Waals surface area contributed by atoms with Gasteiger partial charge in [-0.3, -0.25) is 4.99 Å². The minimum atomic E-state index is -0.371. The minimum absolute atomic E-state index is 0.315. The lowest BCUT2D eigenvalue weighted by Gasteiger charge is -2.07. The van der Waals surface area contributed by atoms with E-state index >= 15 is 0 Å². The third-order valence-electron chi connectivity index (χ3n) is 4.38. The average molecular weight is 378 g/mol. The summed E-state index contributed by atoms with van der Waals surface area (Å²) in [5.41, 5.74) is 5.05. The van der Waals surface area contributed by atoms with Gasteiger partial charge in [-0.1, -0.05) is 19.9 Å². The molecule has 6 nitrogen and oxygen atoms in total. The van der Waals surface area contributed by atoms with Gasteiger partial charge < -0.3 is 9.38 Å². The number of nitrogens with zero attached hydrogens (tertiary/aromatic N) is 5. The first kappa shape index (κ1) is 19.4. The molecule has 7 heteroatoms. The topological polar surface area (TPSA) is 71.2 Å². The van der Waals surface area contributed by atoms with Crippen molar-refractivity contribution in [3.63, 3.8) is 0 Å². The SMILES string of the molecule is C/C=C(\C=NC)c1ncnc2[nH]cc(-c3cc(F)c4ncc(C)n4c3)c12.CC. The minimum Gasteiger partial charge on any atom is -0.345 e. The highest BCUT2D eigenvalue weighted by Gasteiger charge is 2.17. The highest BCUT2D eigenvalue weighted by Crippen LogP contribution is 2.33. The third kappa shape index (κ3) is 3.19. The number of allylic oxidation sites excluding steroid dienone is 2. The lowest BCUT2D eigenvalue weighted by molar-refractivity contribution is 0.630. The van der Waals surface area contributed by atoms with Gasteiger partial charge in [0.25, 0.3) is 0 Å². The Kier molecular flexibility index (Phi) is 5.63. The molecule has 0 amide bonds. The van der Waals surface area contributed by atoms with E-state index in [1.54, 1.807) is 23.9 Å². The fraction of sp³-hybridized carbons (Fsp3) is 0.238. The number of rotatable bonds is 3. The molecular weight excluding hydrogens is 355 g/mol. The Labute approximate surface area is 162 Å². The van der Waals surface area contributed by atoms with E-state index in [4.69, 9.17) is 0 Å². The average Bonchev–Trinajstić information content (AvgIpc) is 3.32. The number of aliphatic imine (C=N–C) groups is 1. The van der Waals surface area contributed by atoms with Gasteiger partial charge in [-0.05, 0) is 19.9 Å². The molecule has 0 spiro atoms. The number of imidazole rings is 1. The van der Waals surface area contributed by atoms with E-state index in [1.165, 1.54) is 12.4 Å². The van der Waals surface area contributed by atoms with Crippen molar-refractivity contribution in [1.82, 2.24) is 24.3 Å². The van der Waals surface area contributed by atoms with Gasteiger partial charge in [-0.15, -0.1) is 0 Å². The fourth-order valence-corrected chi connectivity index (χ4v) is 3.13. The van der Waals surface area contributed by atoms with Crippen LogP contribution in [0.4, 0.5) is 4.39 Å². The number of H-pyrrole nitrogens is 1. The lowest BCUT2D eigenvalue weighted by Crippen LogP contribution is -1.96. The normalized spacial score (nSPS) is 12.0. The fourth-order valence-electron chi connectivity index (χ4n) is 3.13. The monoisotopic (exact) mass is 378 g/mol. The summed E-state index contributed by atoms with van der Waals surface area (Å²) in [6, 6.07) is 1.49. The van der Waals surface area contributed by atoms with Crippen LogP contribution in [0, 0.1) is 12.7 Å². The maximum absolute atomic E-state index is 14.5. The van der Waals surface area contributed by atoms with Crippen LogP contribution < -0.4 is 0 Å². The molecule has 4 aromatic heterocycles. The van der Waals surface area contributed by atoms with Crippen LogP contribution in [0.15, 0.2) is 42.1 Å². The molecule has 0 unspecified atom stereocenters. The van der Waals surface area contributed by atoms with Crippen molar-refractivity contribution < 1.29 is 4.39 Å². The quantitative estimate of drug-likeness (QED) is 0.518. The van der Waals surface area contributed by atoms with Crippen LogP contribution in [0.3, 0.4) is 0 Å². The molecule has 0 radical (unpaired) electrons. The first-order valence-electron chi connectivity index (χ1n) is 9.18. The Bertz CT molecular complexity index is 1180. The van der Waals surface area contributed by atoms with Crippen LogP contribution >= 0.6 is 0 Å². The molecule has 0 aliphatic carbocycles. The number of aromatic nitrogens is 5. The number of aryl methyl sites for hydroxylation is 1. The maximum atomic E-state index is 14.5. The van der Waals surface area contributed by atoms with Gasteiger partial charge in [0.15, 0.2) is 11.5 Å². The zero-order valence-corrected chi connectivity index (χ0v) is 16.7. The largest absolute Gasteiger partial charge is 0.345 e. The highest BCUT2D eigenvalue weighted by atomic mass is 19.1. The number of nitrogens with one attached hydrogen (secondary N) is 1. The molecule has 0 aliphatic rings. The first-order valence-corrected chi connectivity index (χ1v) is 9.18. The summed E-state index contributed by atoms with van der Waals surface area (Å²) in [6.07, 6.45) is 10.6. The number of hydrogen-bond donors (Lipinski definition) is 1. The van der Waals surface area contributed by atoms with Crippen LogP contribution in [-0.4, -0.2) is 37.6 Å². The molecule has 4 heterocycles. The van der Waals surface area contributed by atoms with Gasteiger partial charge in [0, 0.05) is 54.2 Å². The Morgan fingerprint density at radius 1 is 1.25 bits per heavy atom. The van der Waals surface area contributed by atoms with Crippen LogP contribution in [0.5, 0.6) is 0 Å². The van der Waals surface area contributed by atoms with Crippen LogP contribution in [0.2, 0.25) is 0 Å². The van der Waals surface area contributed by atoms with E-state index in [-0.39, 0.29) is 5.82 Å². The number of pyridine rings is 1. The summed E-state index contributed by atoms with van der Waals surface area (Å²) >= 11 is 0. The molecule has 0 atom stereocenters. The van der Waals surface area contributed by atoms with Crippen LogP contribution in [-0.2, 0) is 0 Å². The molecular formula is C21H23FN6. The van der Waals surface area contributed by atoms with Crippen molar-refractivity contribution in [1.29, 1.82) is 0 Å². The smallest absolute Gasteiger partial charge is 0.173 e. The molecule has 0 aromatic carbocycles. The lowest BCUT2D eigenvalue weighted by atomic mass is 10.0. The zero-order valence-electron chi connectivity index (χ0n) is 16.7. The van der Waals surface area contributed by atoms with Gasteiger partial charge in [0.2, 0.25) is 0 Å². The Hall–Kier alpha value is -3.35.